The SMILES string of the molecule is CCN1/C(=C/C=C\c2n(-c3ccccc3)c3ccc(-c4nc5ccccc5o4)cc3[n+]2CC)N(c2ccccc2)c2ccc(-c3ccc4ccccc4n3)cc21. The van der Waals surface area contributed by atoms with Crippen LogP contribution in [-0.2, 0) is 6.54 Å². The van der Waals surface area contributed by atoms with E-state index in [1.165, 1.54) is 0 Å². The fraction of sp³-hybridized carbons (Fsp3) is 0.0816. The average Bonchev–Trinajstić information content (AvgIpc) is 3.93. The number of oxazole rings is 1. The van der Waals surface area contributed by atoms with Gasteiger partial charge in [-0.15, -0.1) is 0 Å². The van der Waals surface area contributed by atoms with Crippen molar-refractivity contribution in [3.05, 3.63) is 182 Å². The van der Waals surface area contributed by atoms with E-state index in [-0.39, 0.29) is 0 Å². The van der Waals surface area contributed by atoms with Gasteiger partial charge in [0.1, 0.15) is 17.0 Å². The number of benzene rings is 6. The zero-order valence-electron chi connectivity index (χ0n) is 31.2. The lowest BCUT2D eigenvalue weighted by atomic mass is 10.1. The summed E-state index contributed by atoms with van der Waals surface area (Å²) in [6, 6.07) is 54.8. The molecule has 1 aliphatic heterocycles. The molecule has 0 N–H and O–H groups in total. The van der Waals surface area contributed by atoms with Crippen LogP contribution in [0.2, 0.25) is 0 Å². The lowest BCUT2D eigenvalue weighted by Gasteiger charge is -2.24. The van der Waals surface area contributed by atoms with Gasteiger partial charge in [0.2, 0.25) is 5.89 Å². The second kappa shape index (κ2) is 13.9. The molecule has 3 aromatic heterocycles. The van der Waals surface area contributed by atoms with Gasteiger partial charge >= 0.3 is 0 Å². The summed E-state index contributed by atoms with van der Waals surface area (Å²) in [6.07, 6.45) is 6.65. The van der Waals surface area contributed by atoms with E-state index >= 15 is 0 Å². The van der Waals surface area contributed by atoms with Crippen molar-refractivity contribution < 1.29 is 8.98 Å². The molecule has 9 aromatic rings. The van der Waals surface area contributed by atoms with Crippen LogP contribution < -0.4 is 14.4 Å². The fourth-order valence-corrected chi connectivity index (χ4v) is 8.02. The third kappa shape index (κ3) is 5.64. The van der Waals surface area contributed by atoms with E-state index in [9.17, 15) is 0 Å². The van der Waals surface area contributed by atoms with Crippen molar-refractivity contribution in [3.63, 3.8) is 0 Å². The topological polar surface area (TPSA) is 54.2 Å². The van der Waals surface area contributed by atoms with Gasteiger partial charge in [-0.3, -0.25) is 4.90 Å². The number of aromatic nitrogens is 4. The zero-order chi connectivity index (χ0) is 37.6. The molecule has 1 aliphatic rings. The Labute approximate surface area is 325 Å². The summed E-state index contributed by atoms with van der Waals surface area (Å²) in [7, 11) is 0. The molecule has 0 unspecified atom stereocenters. The molecule has 7 nitrogen and oxygen atoms in total. The minimum absolute atomic E-state index is 0.617. The van der Waals surface area contributed by atoms with Crippen LogP contribution in [0.3, 0.4) is 0 Å². The summed E-state index contributed by atoms with van der Waals surface area (Å²) >= 11 is 0. The Morgan fingerprint density at radius 3 is 2.16 bits per heavy atom. The van der Waals surface area contributed by atoms with Crippen molar-refractivity contribution in [2.24, 2.45) is 0 Å². The highest BCUT2D eigenvalue weighted by atomic mass is 16.3. The summed E-state index contributed by atoms with van der Waals surface area (Å²) in [6.45, 7) is 5.98. The van der Waals surface area contributed by atoms with Gasteiger partial charge in [0.25, 0.3) is 5.82 Å². The number of allylic oxidation sites excluding steroid dienone is 2. The normalized spacial score (nSPS) is 13.6. The highest BCUT2D eigenvalue weighted by Gasteiger charge is 2.32. The minimum atomic E-state index is 0.617. The zero-order valence-corrected chi connectivity index (χ0v) is 31.2. The monoisotopic (exact) mass is 727 g/mol. The number of pyridine rings is 1. The molecule has 7 heteroatoms. The van der Waals surface area contributed by atoms with Crippen LogP contribution >= 0.6 is 0 Å². The van der Waals surface area contributed by atoms with Gasteiger partial charge in [0.05, 0.1) is 29.1 Å². The van der Waals surface area contributed by atoms with E-state index in [2.05, 4.69) is 178 Å². The number of hydrogen-bond acceptors (Lipinski definition) is 5. The predicted octanol–water partition coefficient (Wildman–Crippen LogP) is 11.5. The van der Waals surface area contributed by atoms with Crippen molar-refractivity contribution >= 4 is 56.2 Å². The Morgan fingerprint density at radius 1 is 0.643 bits per heavy atom. The number of hydrogen-bond donors (Lipinski definition) is 0. The van der Waals surface area contributed by atoms with Gasteiger partial charge in [-0.25, -0.2) is 14.5 Å². The maximum absolute atomic E-state index is 6.20. The van der Waals surface area contributed by atoms with E-state index < -0.39 is 0 Å². The molecule has 6 aromatic carbocycles. The van der Waals surface area contributed by atoms with E-state index in [4.69, 9.17) is 14.4 Å². The number of anilines is 3. The van der Waals surface area contributed by atoms with Crippen molar-refractivity contribution in [2.45, 2.75) is 20.4 Å². The number of para-hydroxylation sites is 5. The van der Waals surface area contributed by atoms with Crippen LogP contribution in [-0.4, -0.2) is 21.1 Å². The summed E-state index contributed by atoms with van der Waals surface area (Å²) < 4.78 is 10.9. The molecule has 0 radical (unpaired) electrons. The standard InChI is InChI=1S/C49H39N6O/c1-3-52-44-32-35(40-29-26-34-16-11-12-21-39(34)50-40)27-30-42(44)54(37-17-7-5-8-18-37)47(52)24-15-25-48-53(4-2)45-33-36(49-51-41-22-13-14-23-46(41)56-49)28-31-43(45)55(48)38-19-9-6-10-20-38/h5-33H,3-4H2,1-2H3/q+1. The van der Waals surface area contributed by atoms with E-state index in [0.29, 0.717) is 5.89 Å². The Balaban J connectivity index is 1.09. The molecule has 270 valence electrons. The third-order valence-electron chi connectivity index (χ3n) is 10.6. The van der Waals surface area contributed by atoms with Crippen LogP contribution in [0.1, 0.15) is 19.7 Å². The predicted molar refractivity (Wildman–Crippen MR) is 228 cm³/mol. The number of imidazole rings is 1. The molecule has 0 aliphatic carbocycles. The molecular weight excluding hydrogens is 689 g/mol. The van der Waals surface area contributed by atoms with E-state index in [1.807, 2.05) is 30.3 Å². The smallest absolute Gasteiger partial charge is 0.287 e. The number of nitrogens with zero attached hydrogens (tertiary/aromatic N) is 6. The van der Waals surface area contributed by atoms with Crippen molar-refractivity contribution in [3.8, 4) is 28.4 Å². The van der Waals surface area contributed by atoms with Gasteiger partial charge < -0.3 is 9.32 Å². The molecular formula is C49H39N6O+. The Morgan fingerprint density at radius 2 is 1.38 bits per heavy atom. The molecule has 0 atom stereocenters. The quantitative estimate of drug-likeness (QED) is 0.146. The van der Waals surface area contributed by atoms with Gasteiger partial charge in [0.15, 0.2) is 16.6 Å². The maximum atomic E-state index is 6.20. The lowest BCUT2D eigenvalue weighted by Crippen LogP contribution is -2.35. The van der Waals surface area contributed by atoms with Crippen molar-refractivity contribution in [2.75, 3.05) is 16.3 Å². The lowest BCUT2D eigenvalue weighted by molar-refractivity contribution is -0.670. The molecule has 0 saturated carbocycles. The Hall–Kier alpha value is -7.25. The van der Waals surface area contributed by atoms with E-state index in [1.54, 1.807) is 0 Å². The summed E-state index contributed by atoms with van der Waals surface area (Å²) in [5, 5.41) is 1.14. The number of fused-ring (bicyclic) bond motifs is 4. The Bertz CT molecular complexity index is 2930. The average molecular weight is 728 g/mol. The first-order valence-corrected chi connectivity index (χ1v) is 19.2. The highest BCUT2D eigenvalue weighted by Crippen LogP contribution is 2.47. The second-order valence-corrected chi connectivity index (χ2v) is 13.9. The van der Waals surface area contributed by atoms with Crippen LogP contribution in [0.5, 0.6) is 0 Å². The van der Waals surface area contributed by atoms with Crippen LogP contribution in [0.4, 0.5) is 17.1 Å². The first kappa shape index (κ1) is 33.3. The van der Waals surface area contributed by atoms with Gasteiger partial charge in [-0.05, 0) is 92.7 Å². The molecule has 56 heavy (non-hydrogen) atoms. The molecule has 0 bridgehead atoms. The number of aryl methyl sites for hydroxylation is 1. The Kier molecular flexibility index (Phi) is 8.25. The van der Waals surface area contributed by atoms with Gasteiger partial charge in [-0.2, -0.15) is 4.57 Å². The molecule has 0 spiro atoms. The van der Waals surface area contributed by atoms with Crippen molar-refractivity contribution in [1.82, 2.24) is 14.5 Å². The summed E-state index contributed by atoms with van der Waals surface area (Å²) in [5.74, 6) is 2.76. The van der Waals surface area contributed by atoms with Gasteiger partial charge in [0, 0.05) is 40.9 Å². The minimum Gasteiger partial charge on any atom is -0.436 e. The maximum Gasteiger partial charge on any atom is 0.287 e. The first-order chi connectivity index (χ1) is 27.7. The van der Waals surface area contributed by atoms with Crippen LogP contribution in [0.15, 0.2) is 180 Å². The van der Waals surface area contributed by atoms with Gasteiger partial charge in [-0.1, -0.05) is 84.9 Å². The fourth-order valence-electron chi connectivity index (χ4n) is 8.02. The molecule has 0 amide bonds. The van der Waals surface area contributed by atoms with Crippen molar-refractivity contribution in [1.29, 1.82) is 0 Å². The molecule has 0 fully saturated rings. The van der Waals surface area contributed by atoms with E-state index in [0.717, 1.165) is 97.3 Å². The highest BCUT2D eigenvalue weighted by molar-refractivity contribution is 5.92. The van der Waals surface area contributed by atoms with Crippen LogP contribution in [0, 0.1) is 0 Å². The number of rotatable bonds is 8. The summed E-state index contributed by atoms with van der Waals surface area (Å²) in [4.78, 5) is 14.6. The van der Waals surface area contributed by atoms with Crippen LogP contribution in [0.25, 0.3) is 67.5 Å². The molecule has 4 heterocycles. The first-order valence-electron chi connectivity index (χ1n) is 19.2. The molecule has 10 rings (SSSR count). The largest absolute Gasteiger partial charge is 0.436 e. The third-order valence-corrected chi connectivity index (χ3v) is 10.6. The summed E-state index contributed by atoms with van der Waals surface area (Å²) in [5.41, 5.74) is 12.3. The molecule has 0 saturated heterocycles. The second-order valence-electron chi connectivity index (χ2n) is 13.9.